The van der Waals surface area contributed by atoms with Gasteiger partial charge in [-0.3, -0.25) is 9.69 Å². The number of ether oxygens (including phenoxy) is 2. The van der Waals surface area contributed by atoms with Crippen LogP contribution in [0.3, 0.4) is 0 Å². The molecule has 2 heterocycles. The largest absolute Gasteiger partial charge is 0.493 e. The number of hydrogen-bond acceptors (Lipinski definition) is 8. The minimum Gasteiger partial charge on any atom is -0.493 e. The normalized spacial score (nSPS) is 17.8. The molecule has 0 saturated carbocycles. The number of sulfonamides is 1. The Bertz CT molecular complexity index is 1380. The van der Waals surface area contributed by atoms with Crippen molar-refractivity contribution >= 4 is 55.0 Å². The van der Waals surface area contributed by atoms with E-state index in [9.17, 15) is 13.2 Å². The summed E-state index contributed by atoms with van der Waals surface area (Å²) in [6.07, 6.45) is 1.02. The number of carbonyl (C=O) groups is 1. The van der Waals surface area contributed by atoms with Crippen molar-refractivity contribution in [2.45, 2.75) is 39.0 Å². The Morgan fingerprint density at radius 3 is 2.15 bits per heavy atom. The molecule has 2 aromatic carbocycles. The van der Waals surface area contributed by atoms with Gasteiger partial charge in [0.2, 0.25) is 10.0 Å². The number of hydrogen-bond donors (Lipinski definition) is 0. The van der Waals surface area contributed by atoms with Gasteiger partial charge in [-0.05, 0) is 55.6 Å². The standard InChI is InChI=1S/C29H40N4O5S2.ClH/c1-7-31(8-2)13-14-33(29-30-24-16-25(37-5)26(38-6)17-27(24)39-29)28(34)22-9-11-23(12-10-22)40(35,36)32-18-20(3)15-21(4)19-32;/h9-12,16-17,20-21H,7-8,13-15,18-19H2,1-6H3;1H. The minimum absolute atomic E-state index is 0. The number of aromatic nitrogens is 1. The molecule has 1 aliphatic rings. The van der Waals surface area contributed by atoms with Gasteiger partial charge in [0.1, 0.15) is 0 Å². The molecular formula is C29H41ClN4O5S2. The third-order valence-corrected chi connectivity index (χ3v) is 10.4. The first-order valence-corrected chi connectivity index (χ1v) is 16.0. The van der Waals surface area contributed by atoms with Gasteiger partial charge in [-0.25, -0.2) is 13.4 Å². The van der Waals surface area contributed by atoms with E-state index in [1.165, 1.54) is 11.3 Å². The lowest BCUT2D eigenvalue weighted by Crippen LogP contribution is -2.42. The number of anilines is 1. The third kappa shape index (κ3) is 7.32. The van der Waals surface area contributed by atoms with Crippen LogP contribution in [0, 0.1) is 11.8 Å². The molecule has 4 rings (SSSR count). The Hall–Kier alpha value is -2.44. The second-order valence-corrected chi connectivity index (χ2v) is 13.4. The molecule has 0 spiro atoms. The number of halogens is 1. The molecule has 2 atom stereocenters. The van der Waals surface area contributed by atoms with Crippen LogP contribution in [-0.4, -0.2) is 82.0 Å². The zero-order valence-electron chi connectivity index (χ0n) is 24.6. The van der Waals surface area contributed by atoms with Crippen molar-refractivity contribution in [3.63, 3.8) is 0 Å². The Kier molecular flexibility index (Phi) is 11.4. The van der Waals surface area contributed by atoms with Crippen molar-refractivity contribution < 1.29 is 22.7 Å². The van der Waals surface area contributed by atoms with E-state index < -0.39 is 10.0 Å². The monoisotopic (exact) mass is 624 g/mol. The summed E-state index contributed by atoms with van der Waals surface area (Å²) >= 11 is 1.41. The zero-order chi connectivity index (χ0) is 29.0. The average Bonchev–Trinajstić information content (AvgIpc) is 3.36. The average molecular weight is 625 g/mol. The Labute approximate surface area is 253 Å². The zero-order valence-corrected chi connectivity index (χ0v) is 27.1. The van der Waals surface area contributed by atoms with E-state index in [2.05, 4.69) is 32.6 Å². The van der Waals surface area contributed by atoms with Gasteiger partial charge in [-0.15, -0.1) is 12.4 Å². The maximum Gasteiger partial charge on any atom is 0.260 e. The van der Waals surface area contributed by atoms with E-state index in [0.29, 0.717) is 65.7 Å². The van der Waals surface area contributed by atoms with E-state index in [4.69, 9.17) is 14.5 Å². The highest BCUT2D eigenvalue weighted by molar-refractivity contribution is 7.89. The molecule has 0 radical (unpaired) electrons. The van der Waals surface area contributed by atoms with Crippen LogP contribution in [-0.2, 0) is 10.0 Å². The number of methoxy groups -OCH3 is 2. The lowest BCUT2D eigenvalue weighted by Gasteiger charge is -2.34. The van der Waals surface area contributed by atoms with Crippen LogP contribution in [0.2, 0.25) is 0 Å². The molecule has 1 amide bonds. The van der Waals surface area contributed by atoms with E-state index in [-0.39, 0.29) is 23.2 Å². The first-order chi connectivity index (χ1) is 19.1. The molecule has 41 heavy (non-hydrogen) atoms. The molecule has 12 heteroatoms. The fourth-order valence-electron chi connectivity index (χ4n) is 5.30. The quantitative estimate of drug-likeness (QED) is 0.282. The Morgan fingerprint density at radius 2 is 1.59 bits per heavy atom. The van der Waals surface area contributed by atoms with Crippen LogP contribution in [0.25, 0.3) is 10.2 Å². The van der Waals surface area contributed by atoms with Crippen LogP contribution in [0.15, 0.2) is 41.3 Å². The Morgan fingerprint density at radius 1 is 1.00 bits per heavy atom. The van der Waals surface area contributed by atoms with Gasteiger partial charge in [0.15, 0.2) is 16.6 Å². The summed E-state index contributed by atoms with van der Waals surface area (Å²) in [5, 5.41) is 0.565. The Balaban J connectivity index is 0.00000462. The van der Waals surface area contributed by atoms with E-state index in [1.54, 1.807) is 47.7 Å². The highest BCUT2D eigenvalue weighted by atomic mass is 35.5. The number of piperidine rings is 1. The molecule has 0 N–H and O–H groups in total. The van der Waals surface area contributed by atoms with Crippen molar-refractivity contribution in [3.8, 4) is 11.5 Å². The molecule has 226 valence electrons. The summed E-state index contributed by atoms with van der Waals surface area (Å²) in [6, 6.07) is 9.98. The molecule has 1 aromatic heterocycles. The van der Waals surface area contributed by atoms with Crippen LogP contribution in [0.1, 0.15) is 44.5 Å². The summed E-state index contributed by atoms with van der Waals surface area (Å²) in [7, 11) is -0.472. The van der Waals surface area contributed by atoms with Crippen LogP contribution >= 0.6 is 23.7 Å². The first kappa shape index (κ1) is 33.1. The van der Waals surface area contributed by atoms with E-state index >= 15 is 0 Å². The van der Waals surface area contributed by atoms with Gasteiger partial charge in [-0.2, -0.15) is 4.31 Å². The summed E-state index contributed by atoms with van der Waals surface area (Å²) in [5.41, 5.74) is 1.12. The van der Waals surface area contributed by atoms with Crippen LogP contribution in [0.5, 0.6) is 11.5 Å². The van der Waals surface area contributed by atoms with Gasteiger partial charge in [0.05, 0.1) is 29.3 Å². The predicted octanol–water partition coefficient (Wildman–Crippen LogP) is 5.39. The topological polar surface area (TPSA) is 92.3 Å². The van der Waals surface area contributed by atoms with Crippen molar-refractivity contribution in [2.75, 3.05) is 58.4 Å². The number of nitrogens with zero attached hydrogens (tertiary/aromatic N) is 4. The molecule has 1 aliphatic heterocycles. The fourth-order valence-corrected chi connectivity index (χ4v) is 7.98. The molecular weight excluding hydrogens is 584 g/mol. The third-order valence-electron chi connectivity index (χ3n) is 7.47. The van der Waals surface area contributed by atoms with Crippen LogP contribution in [0.4, 0.5) is 5.13 Å². The van der Waals surface area contributed by atoms with E-state index in [0.717, 1.165) is 24.2 Å². The van der Waals surface area contributed by atoms with Gasteiger partial charge in [0.25, 0.3) is 5.91 Å². The van der Waals surface area contributed by atoms with Gasteiger partial charge in [-0.1, -0.05) is 39.0 Å². The maximum atomic E-state index is 13.9. The molecule has 0 bridgehead atoms. The van der Waals surface area contributed by atoms with Crippen LogP contribution < -0.4 is 14.4 Å². The summed E-state index contributed by atoms with van der Waals surface area (Å²) in [6.45, 7) is 12.2. The summed E-state index contributed by atoms with van der Waals surface area (Å²) < 4.78 is 40.0. The first-order valence-electron chi connectivity index (χ1n) is 13.8. The van der Waals surface area contributed by atoms with Gasteiger partial charge < -0.3 is 14.4 Å². The highest BCUT2D eigenvalue weighted by Crippen LogP contribution is 2.37. The number of rotatable bonds is 11. The number of fused-ring (bicyclic) bond motifs is 1. The number of benzene rings is 2. The predicted molar refractivity (Wildman–Crippen MR) is 168 cm³/mol. The van der Waals surface area contributed by atoms with Crippen molar-refractivity contribution in [1.29, 1.82) is 0 Å². The second kappa shape index (κ2) is 14.2. The van der Waals surface area contributed by atoms with Gasteiger partial charge >= 0.3 is 0 Å². The molecule has 9 nitrogen and oxygen atoms in total. The van der Waals surface area contributed by atoms with E-state index in [1.807, 2.05) is 12.1 Å². The molecule has 3 aromatic rings. The molecule has 1 fully saturated rings. The number of amides is 1. The second-order valence-electron chi connectivity index (χ2n) is 10.4. The number of likely N-dealkylation sites (N-methyl/N-ethyl adjacent to an activating group) is 1. The molecule has 0 aliphatic carbocycles. The number of carbonyl (C=O) groups excluding carboxylic acids is 1. The summed E-state index contributed by atoms with van der Waals surface area (Å²) in [5.74, 6) is 1.57. The SMILES string of the molecule is CCN(CC)CCN(C(=O)c1ccc(S(=O)(=O)N2CC(C)CC(C)C2)cc1)c1nc2cc(OC)c(OC)cc2s1.Cl. The van der Waals surface area contributed by atoms with Crippen molar-refractivity contribution in [1.82, 2.24) is 14.2 Å². The molecule has 1 saturated heterocycles. The summed E-state index contributed by atoms with van der Waals surface area (Å²) in [4.78, 5) is 22.8. The fraction of sp³-hybridized carbons (Fsp3) is 0.517. The maximum absolute atomic E-state index is 13.9. The number of thiazole rings is 1. The minimum atomic E-state index is -3.63. The lowest BCUT2D eigenvalue weighted by molar-refractivity contribution is 0.0983. The smallest absolute Gasteiger partial charge is 0.260 e. The van der Waals surface area contributed by atoms with Crippen molar-refractivity contribution in [2.24, 2.45) is 11.8 Å². The van der Waals surface area contributed by atoms with Gasteiger partial charge in [0, 0.05) is 43.9 Å². The lowest BCUT2D eigenvalue weighted by atomic mass is 9.94. The van der Waals surface area contributed by atoms with Crippen molar-refractivity contribution in [3.05, 3.63) is 42.0 Å². The molecule has 2 unspecified atom stereocenters. The highest BCUT2D eigenvalue weighted by Gasteiger charge is 2.32.